The highest BCUT2D eigenvalue weighted by Crippen LogP contribution is 2.43. The molecule has 1 aromatic heterocycles. The molecule has 102 valence electrons. The van der Waals surface area contributed by atoms with E-state index in [-0.39, 0.29) is 5.97 Å². The van der Waals surface area contributed by atoms with Gasteiger partial charge in [-0.05, 0) is 19.6 Å². The van der Waals surface area contributed by atoms with Gasteiger partial charge in [-0.15, -0.1) is 23.1 Å². The van der Waals surface area contributed by atoms with E-state index in [1.807, 2.05) is 13.3 Å². The molecule has 1 aromatic rings. The average Bonchev–Trinajstić information content (AvgIpc) is 2.67. The fourth-order valence-electron chi connectivity index (χ4n) is 1.65. The van der Waals surface area contributed by atoms with Crippen LogP contribution in [0.2, 0.25) is 0 Å². The highest BCUT2D eigenvalue weighted by molar-refractivity contribution is 7.99. The highest BCUT2D eigenvalue weighted by atomic mass is 32.2. The van der Waals surface area contributed by atoms with Crippen LogP contribution in [0, 0.1) is 0 Å². The standard InChI is InChI=1S/C12H20N2O2S2/c1-5-7-14(3)11-9(17-4)8(13)10(18-11)12(15)16-6-2/h5-7,13H2,1-4H3. The lowest BCUT2D eigenvalue weighted by molar-refractivity contribution is 0.0533. The maximum absolute atomic E-state index is 11.8. The lowest BCUT2D eigenvalue weighted by Crippen LogP contribution is -2.17. The van der Waals surface area contributed by atoms with E-state index in [0.717, 1.165) is 22.9 Å². The first kappa shape index (κ1) is 15.2. The van der Waals surface area contributed by atoms with E-state index < -0.39 is 0 Å². The lowest BCUT2D eigenvalue weighted by Gasteiger charge is -2.17. The first-order valence-corrected chi connectivity index (χ1v) is 7.95. The molecule has 0 radical (unpaired) electrons. The molecule has 0 aliphatic heterocycles. The van der Waals surface area contributed by atoms with Crippen molar-refractivity contribution in [2.75, 3.05) is 37.1 Å². The third-order valence-electron chi connectivity index (χ3n) is 2.45. The summed E-state index contributed by atoms with van der Waals surface area (Å²) in [6.45, 7) is 5.22. The van der Waals surface area contributed by atoms with Gasteiger partial charge in [0.25, 0.3) is 0 Å². The predicted octanol–water partition coefficient (Wildman–Crippen LogP) is 3.08. The normalized spacial score (nSPS) is 10.4. The number of nitrogen functional groups attached to an aromatic ring is 1. The molecule has 1 heterocycles. The monoisotopic (exact) mass is 288 g/mol. The Bertz CT molecular complexity index is 418. The number of esters is 1. The van der Waals surface area contributed by atoms with Crippen molar-refractivity contribution in [3.05, 3.63) is 4.88 Å². The Morgan fingerprint density at radius 2 is 2.17 bits per heavy atom. The van der Waals surface area contributed by atoms with Gasteiger partial charge in [0.2, 0.25) is 0 Å². The lowest BCUT2D eigenvalue weighted by atomic mass is 10.3. The van der Waals surface area contributed by atoms with Gasteiger partial charge in [-0.25, -0.2) is 4.79 Å². The molecule has 0 spiro atoms. The molecule has 0 fully saturated rings. The van der Waals surface area contributed by atoms with Crippen LogP contribution >= 0.6 is 23.1 Å². The largest absolute Gasteiger partial charge is 0.462 e. The average molecular weight is 288 g/mol. The summed E-state index contributed by atoms with van der Waals surface area (Å²) in [5.74, 6) is -0.327. The van der Waals surface area contributed by atoms with E-state index >= 15 is 0 Å². The van der Waals surface area contributed by atoms with Crippen LogP contribution < -0.4 is 10.6 Å². The predicted molar refractivity (Wildman–Crippen MR) is 80.0 cm³/mol. The topological polar surface area (TPSA) is 55.6 Å². The molecule has 2 N–H and O–H groups in total. The van der Waals surface area contributed by atoms with Gasteiger partial charge in [0.15, 0.2) is 0 Å². The number of thiophene rings is 1. The molecular weight excluding hydrogens is 268 g/mol. The Morgan fingerprint density at radius 1 is 1.50 bits per heavy atom. The molecule has 0 saturated heterocycles. The van der Waals surface area contributed by atoms with Crippen LogP contribution in [0.3, 0.4) is 0 Å². The van der Waals surface area contributed by atoms with Gasteiger partial charge in [-0.2, -0.15) is 0 Å². The molecule has 0 saturated carbocycles. The SMILES string of the molecule is CCCN(C)c1sc(C(=O)OCC)c(N)c1SC. The number of nitrogens with two attached hydrogens (primary N) is 1. The molecule has 1 rings (SSSR count). The van der Waals surface area contributed by atoms with E-state index in [4.69, 9.17) is 10.5 Å². The molecule has 0 amide bonds. The van der Waals surface area contributed by atoms with Gasteiger partial charge < -0.3 is 15.4 Å². The number of nitrogens with zero attached hydrogens (tertiary/aromatic N) is 1. The fourth-order valence-corrected chi connectivity index (χ4v) is 3.74. The molecule has 6 heteroatoms. The Kier molecular flexibility index (Phi) is 5.81. The van der Waals surface area contributed by atoms with Gasteiger partial charge in [-0.1, -0.05) is 6.92 Å². The van der Waals surface area contributed by atoms with Gasteiger partial charge in [0.1, 0.15) is 9.88 Å². The third-order valence-corrected chi connectivity index (χ3v) is 4.70. The van der Waals surface area contributed by atoms with E-state index in [1.54, 1.807) is 18.7 Å². The van der Waals surface area contributed by atoms with Crippen molar-refractivity contribution in [3.8, 4) is 0 Å². The highest BCUT2D eigenvalue weighted by Gasteiger charge is 2.23. The zero-order valence-corrected chi connectivity index (χ0v) is 12.9. The summed E-state index contributed by atoms with van der Waals surface area (Å²) in [6, 6.07) is 0. The number of hydrogen-bond acceptors (Lipinski definition) is 6. The second-order valence-corrected chi connectivity index (χ2v) is 5.64. The molecule has 0 bridgehead atoms. The number of carbonyl (C=O) groups is 1. The van der Waals surface area contributed by atoms with E-state index in [9.17, 15) is 4.79 Å². The molecule has 0 atom stereocenters. The van der Waals surface area contributed by atoms with Crippen molar-refractivity contribution in [1.29, 1.82) is 0 Å². The van der Waals surface area contributed by atoms with E-state index in [2.05, 4.69) is 11.8 Å². The third kappa shape index (κ3) is 3.11. The van der Waals surface area contributed by atoms with Crippen molar-refractivity contribution in [2.45, 2.75) is 25.2 Å². The number of rotatable bonds is 6. The zero-order chi connectivity index (χ0) is 13.7. The minimum atomic E-state index is -0.327. The minimum absolute atomic E-state index is 0.327. The van der Waals surface area contributed by atoms with Crippen LogP contribution in [0.4, 0.5) is 10.7 Å². The van der Waals surface area contributed by atoms with Crippen molar-refractivity contribution in [1.82, 2.24) is 0 Å². The maximum Gasteiger partial charge on any atom is 0.350 e. The first-order valence-electron chi connectivity index (χ1n) is 5.91. The minimum Gasteiger partial charge on any atom is -0.462 e. The molecule has 0 aliphatic rings. The summed E-state index contributed by atoms with van der Waals surface area (Å²) in [6.07, 6.45) is 3.02. The van der Waals surface area contributed by atoms with Gasteiger partial charge >= 0.3 is 5.97 Å². The number of anilines is 2. The molecule has 0 aromatic carbocycles. The Labute approximate surface area is 116 Å². The Balaban J connectivity index is 3.12. The van der Waals surface area contributed by atoms with E-state index in [1.165, 1.54) is 11.3 Å². The van der Waals surface area contributed by atoms with Crippen LogP contribution in [-0.2, 0) is 4.74 Å². The fraction of sp³-hybridized carbons (Fsp3) is 0.583. The summed E-state index contributed by atoms with van der Waals surface area (Å²) >= 11 is 2.98. The van der Waals surface area contributed by atoms with Gasteiger partial charge in [-0.3, -0.25) is 0 Å². The van der Waals surface area contributed by atoms with Crippen molar-refractivity contribution in [3.63, 3.8) is 0 Å². The van der Waals surface area contributed by atoms with Crippen molar-refractivity contribution < 1.29 is 9.53 Å². The molecule has 4 nitrogen and oxygen atoms in total. The quantitative estimate of drug-likeness (QED) is 0.644. The molecule has 18 heavy (non-hydrogen) atoms. The second kappa shape index (κ2) is 6.89. The molecular formula is C12H20N2O2S2. The zero-order valence-electron chi connectivity index (χ0n) is 11.3. The van der Waals surface area contributed by atoms with Crippen molar-refractivity contribution in [2.24, 2.45) is 0 Å². The smallest absolute Gasteiger partial charge is 0.350 e. The molecule has 0 unspecified atom stereocenters. The summed E-state index contributed by atoms with van der Waals surface area (Å²) in [7, 11) is 2.02. The maximum atomic E-state index is 11.8. The van der Waals surface area contributed by atoms with Crippen molar-refractivity contribution >= 4 is 39.8 Å². The van der Waals surface area contributed by atoms with Crippen LogP contribution in [0.15, 0.2) is 4.90 Å². The number of hydrogen-bond donors (Lipinski definition) is 1. The van der Waals surface area contributed by atoms with Gasteiger partial charge in [0, 0.05) is 13.6 Å². The molecule has 0 aliphatic carbocycles. The van der Waals surface area contributed by atoms with E-state index in [0.29, 0.717) is 17.2 Å². The number of thioether (sulfide) groups is 1. The summed E-state index contributed by atoms with van der Waals surface area (Å²) < 4.78 is 5.03. The Hall–Kier alpha value is -0.880. The first-order chi connectivity index (χ1) is 8.56. The second-order valence-electron chi connectivity index (χ2n) is 3.83. The summed E-state index contributed by atoms with van der Waals surface area (Å²) in [4.78, 5) is 15.4. The van der Waals surface area contributed by atoms with Gasteiger partial charge in [0.05, 0.1) is 17.2 Å². The Morgan fingerprint density at radius 3 is 2.67 bits per heavy atom. The van der Waals surface area contributed by atoms with Crippen LogP contribution in [0.5, 0.6) is 0 Å². The summed E-state index contributed by atoms with van der Waals surface area (Å²) in [5.41, 5.74) is 6.59. The number of ether oxygens (including phenoxy) is 1. The number of carbonyl (C=O) groups excluding carboxylic acids is 1. The van der Waals surface area contributed by atoms with Crippen LogP contribution in [0.25, 0.3) is 0 Å². The summed E-state index contributed by atoms with van der Waals surface area (Å²) in [5, 5.41) is 1.05. The van der Waals surface area contributed by atoms with Crippen LogP contribution in [-0.4, -0.2) is 32.4 Å². The van der Waals surface area contributed by atoms with Crippen LogP contribution in [0.1, 0.15) is 29.9 Å².